The molecule has 2 heterocycles. The Labute approximate surface area is 156 Å². The molecule has 1 aliphatic rings. The van der Waals surface area contributed by atoms with Crippen LogP contribution in [0.4, 0.5) is 0 Å². The molecule has 0 aliphatic carbocycles. The van der Waals surface area contributed by atoms with Crippen molar-refractivity contribution < 1.29 is 9.52 Å². The van der Waals surface area contributed by atoms with E-state index in [1.165, 1.54) is 5.56 Å². The van der Waals surface area contributed by atoms with Crippen LogP contribution in [0, 0.1) is 0 Å². The molecule has 6 heteroatoms. The molecule has 1 aliphatic heterocycles. The quantitative estimate of drug-likeness (QED) is 0.592. The number of guanidine groups is 1. The Kier molecular flexibility index (Phi) is 6.53. The molecule has 0 spiro atoms. The second-order valence-electron chi connectivity index (χ2n) is 6.24. The lowest BCUT2D eigenvalue weighted by Crippen LogP contribution is -2.47. The van der Waals surface area contributed by atoms with Crippen LogP contribution in [0.1, 0.15) is 24.2 Å². The molecule has 1 fully saturated rings. The minimum atomic E-state index is -0.188. The van der Waals surface area contributed by atoms with Gasteiger partial charge < -0.3 is 19.7 Å². The number of aliphatic hydroxyl groups excluding tert-OH is 1. The first-order valence-electron chi connectivity index (χ1n) is 8.69. The number of aliphatic imine (C=N–C) groups is 1. The Bertz CT molecular complexity index is 662. The van der Waals surface area contributed by atoms with E-state index in [2.05, 4.69) is 38.3 Å². The fourth-order valence-corrected chi connectivity index (χ4v) is 3.12. The largest absolute Gasteiger partial charge is 0.469 e. The highest BCUT2D eigenvalue weighted by Gasteiger charge is 2.19. The summed E-state index contributed by atoms with van der Waals surface area (Å²) in [6.07, 6.45) is 3.91. The molecule has 25 heavy (non-hydrogen) atoms. The molecule has 0 bridgehead atoms. The van der Waals surface area contributed by atoms with E-state index in [-0.39, 0.29) is 6.10 Å². The van der Waals surface area contributed by atoms with Gasteiger partial charge in [0.05, 0.1) is 18.9 Å². The second kappa shape index (κ2) is 9.06. The van der Waals surface area contributed by atoms with Gasteiger partial charge in [0.2, 0.25) is 0 Å². The van der Waals surface area contributed by atoms with Crippen molar-refractivity contribution in [3.8, 4) is 0 Å². The zero-order valence-corrected chi connectivity index (χ0v) is 15.8. The fourth-order valence-electron chi connectivity index (χ4n) is 2.85. The van der Waals surface area contributed by atoms with E-state index in [9.17, 15) is 5.11 Å². The Morgan fingerprint density at radius 3 is 2.68 bits per heavy atom. The lowest BCUT2D eigenvalue weighted by atomic mass is 10.1. The number of likely N-dealkylation sites (tertiary alicyclic amines) is 1. The molecule has 3 rings (SSSR count). The third-order valence-corrected chi connectivity index (χ3v) is 4.85. The first kappa shape index (κ1) is 18.0. The van der Waals surface area contributed by atoms with E-state index < -0.39 is 0 Å². The predicted octanol–water partition coefficient (Wildman–Crippen LogP) is 3.19. The van der Waals surface area contributed by atoms with E-state index in [0.29, 0.717) is 6.54 Å². The van der Waals surface area contributed by atoms with Crippen LogP contribution >= 0.6 is 15.9 Å². The SMILES string of the molecule is OC1CCN(C(=NCc2ccc(Br)cc2)NCCc2ccco2)CC1. The van der Waals surface area contributed by atoms with Gasteiger partial charge in [0, 0.05) is 30.5 Å². The second-order valence-corrected chi connectivity index (χ2v) is 7.16. The lowest BCUT2D eigenvalue weighted by molar-refractivity contribution is 0.108. The van der Waals surface area contributed by atoms with Crippen LogP contribution in [0.5, 0.6) is 0 Å². The molecule has 2 aromatic rings. The van der Waals surface area contributed by atoms with Gasteiger partial charge in [-0.3, -0.25) is 0 Å². The van der Waals surface area contributed by atoms with Crippen LogP contribution in [0.3, 0.4) is 0 Å². The minimum absolute atomic E-state index is 0.188. The highest BCUT2D eigenvalue weighted by Crippen LogP contribution is 2.13. The van der Waals surface area contributed by atoms with Gasteiger partial charge in [0.25, 0.3) is 0 Å². The molecule has 1 aromatic carbocycles. The van der Waals surface area contributed by atoms with Gasteiger partial charge in [0.15, 0.2) is 5.96 Å². The highest BCUT2D eigenvalue weighted by atomic mass is 79.9. The smallest absolute Gasteiger partial charge is 0.194 e. The molecule has 1 saturated heterocycles. The topological polar surface area (TPSA) is 61.0 Å². The number of piperidine rings is 1. The van der Waals surface area contributed by atoms with Crippen LogP contribution in [0.25, 0.3) is 0 Å². The van der Waals surface area contributed by atoms with Crippen LogP contribution in [-0.4, -0.2) is 41.7 Å². The van der Waals surface area contributed by atoms with Crippen molar-refractivity contribution in [3.63, 3.8) is 0 Å². The van der Waals surface area contributed by atoms with Gasteiger partial charge in [-0.2, -0.15) is 0 Å². The van der Waals surface area contributed by atoms with Crippen molar-refractivity contribution in [2.75, 3.05) is 19.6 Å². The maximum atomic E-state index is 9.74. The van der Waals surface area contributed by atoms with Crippen molar-refractivity contribution in [1.82, 2.24) is 10.2 Å². The number of nitrogens with zero attached hydrogens (tertiary/aromatic N) is 2. The number of aliphatic hydroxyl groups is 1. The number of rotatable bonds is 5. The summed E-state index contributed by atoms with van der Waals surface area (Å²) in [7, 11) is 0. The van der Waals surface area contributed by atoms with Gasteiger partial charge >= 0.3 is 0 Å². The average Bonchev–Trinajstić information content (AvgIpc) is 3.14. The normalized spacial score (nSPS) is 16.2. The van der Waals surface area contributed by atoms with E-state index in [0.717, 1.165) is 55.1 Å². The molecule has 0 atom stereocenters. The third-order valence-electron chi connectivity index (χ3n) is 4.32. The molecule has 0 unspecified atom stereocenters. The van der Waals surface area contributed by atoms with Crippen LogP contribution in [0.15, 0.2) is 56.5 Å². The van der Waals surface area contributed by atoms with Gasteiger partial charge in [-0.25, -0.2) is 4.99 Å². The Morgan fingerprint density at radius 1 is 1.24 bits per heavy atom. The summed E-state index contributed by atoms with van der Waals surface area (Å²) in [5, 5.41) is 13.2. The summed E-state index contributed by atoms with van der Waals surface area (Å²) in [5.41, 5.74) is 1.17. The van der Waals surface area contributed by atoms with Crippen molar-refractivity contribution in [3.05, 3.63) is 58.5 Å². The zero-order chi connectivity index (χ0) is 17.5. The average molecular weight is 406 g/mol. The maximum Gasteiger partial charge on any atom is 0.194 e. The van der Waals surface area contributed by atoms with E-state index in [4.69, 9.17) is 9.41 Å². The summed E-state index contributed by atoms with van der Waals surface area (Å²) in [5.74, 6) is 1.87. The van der Waals surface area contributed by atoms with Crippen molar-refractivity contribution in [2.24, 2.45) is 4.99 Å². The number of hydrogen-bond donors (Lipinski definition) is 2. The third kappa shape index (κ3) is 5.61. The number of halogens is 1. The molecule has 0 saturated carbocycles. The van der Waals surface area contributed by atoms with E-state index >= 15 is 0 Å². The summed E-state index contributed by atoms with van der Waals surface area (Å²) in [6.45, 7) is 3.06. The first-order chi connectivity index (χ1) is 12.2. The Morgan fingerprint density at radius 2 is 2.00 bits per heavy atom. The van der Waals surface area contributed by atoms with Crippen molar-refractivity contribution in [1.29, 1.82) is 0 Å². The number of furan rings is 1. The van der Waals surface area contributed by atoms with Crippen LogP contribution < -0.4 is 5.32 Å². The molecular formula is C19H24BrN3O2. The number of benzene rings is 1. The maximum absolute atomic E-state index is 9.74. The Hall–Kier alpha value is -1.79. The fraction of sp³-hybridized carbons (Fsp3) is 0.421. The van der Waals surface area contributed by atoms with Crippen molar-refractivity contribution >= 4 is 21.9 Å². The molecule has 5 nitrogen and oxygen atoms in total. The number of nitrogens with one attached hydrogen (secondary N) is 1. The monoisotopic (exact) mass is 405 g/mol. The van der Waals surface area contributed by atoms with Gasteiger partial charge in [-0.05, 0) is 42.7 Å². The van der Waals surface area contributed by atoms with Crippen molar-refractivity contribution in [2.45, 2.75) is 31.9 Å². The molecule has 134 valence electrons. The Balaban J connectivity index is 1.62. The summed E-state index contributed by atoms with van der Waals surface area (Å²) in [6, 6.07) is 12.1. The standard InChI is InChI=1S/C19H24BrN3O2/c20-16-5-3-15(4-6-16)14-22-19(23-11-8-17(24)9-12-23)21-10-7-18-2-1-13-25-18/h1-6,13,17,24H,7-12,14H2,(H,21,22). The number of hydrogen-bond acceptors (Lipinski definition) is 3. The van der Waals surface area contributed by atoms with Crippen LogP contribution in [-0.2, 0) is 13.0 Å². The van der Waals surface area contributed by atoms with Crippen LogP contribution in [0.2, 0.25) is 0 Å². The summed E-state index contributed by atoms with van der Waals surface area (Å²) in [4.78, 5) is 7.02. The summed E-state index contributed by atoms with van der Waals surface area (Å²) >= 11 is 3.46. The highest BCUT2D eigenvalue weighted by molar-refractivity contribution is 9.10. The predicted molar refractivity (Wildman–Crippen MR) is 103 cm³/mol. The molecule has 1 aromatic heterocycles. The molecule has 0 radical (unpaired) electrons. The summed E-state index contributed by atoms with van der Waals surface area (Å²) < 4.78 is 6.46. The van der Waals surface area contributed by atoms with Gasteiger partial charge in [0.1, 0.15) is 5.76 Å². The first-order valence-corrected chi connectivity index (χ1v) is 9.48. The lowest BCUT2D eigenvalue weighted by Gasteiger charge is -2.32. The zero-order valence-electron chi connectivity index (χ0n) is 14.2. The van der Waals surface area contributed by atoms with E-state index in [1.54, 1.807) is 6.26 Å². The minimum Gasteiger partial charge on any atom is -0.469 e. The van der Waals surface area contributed by atoms with E-state index in [1.807, 2.05) is 24.3 Å². The van der Waals surface area contributed by atoms with Gasteiger partial charge in [-0.15, -0.1) is 0 Å². The molecule has 2 N–H and O–H groups in total. The molecule has 0 amide bonds. The van der Waals surface area contributed by atoms with Gasteiger partial charge in [-0.1, -0.05) is 28.1 Å². The molecular weight excluding hydrogens is 382 g/mol.